The highest BCUT2D eigenvalue weighted by Gasteiger charge is 2.51. The third-order valence-electron chi connectivity index (χ3n) is 10.9. The normalized spacial score (nSPS) is 15.3. The predicted octanol–water partition coefficient (Wildman–Crippen LogP) is 12.7. The number of hydrogen-bond donors (Lipinski definition) is 0. The van der Waals surface area contributed by atoms with Crippen molar-refractivity contribution in [2.24, 2.45) is 0 Å². The smallest absolute Gasteiger partial charge is 0.132 e. The van der Waals surface area contributed by atoms with Gasteiger partial charge in [0.05, 0.1) is 16.4 Å². The van der Waals surface area contributed by atoms with Gasteiger partial charge >= 0.3 is 0 Å². The van der Waals surface area contributed by atoms with Gasteiger partial charge in [0.2, 0.25) is 0 Å². The fourth-order valence-electron chi connectivity index (χ4n) is 8.77. The minimum absolute atomic E-state index is 0.691. The van der Waals surface area contributed by atoms with Crippen LogP contribution in [0.1, 0.15) is 22.3 Å². The molecule has 11 rings (SSSR count). The molecule has 3 heteroatoms. The van der Waals surface area contributed by atoms with Crippen LogP contribution in [-0.4, -0.2) is 4.57 Å². The Labute approximate surface area is 301 Å². The van der Waals surface area contributed by atoms with E-state index in [1.165, 1.54) is 21.8 Å². The minimum Gasteiger partial charge on any atom is -0.457 e. The summed E-state index contributed by atoms with van der Waals surface area (Å²) in [5.41, 5.74) is 11.7. The summed E-state index contributed by atoms with van der Waals surface area (Å²) in [5.74, 6) is 3.39. The summed E-state index contributed by atoms with van der Waals surface area (Å²) in [6.45, 7) is 0. The van der Waals surface area contributed by atoms with Gasteiger partial charge in [0.25, 0.3) is 0 Å². The third-order valence-corrected chi connectivity index (χ3v) is 10.9. The first-order chi connectivity index (χ1) is 25.8. The number of fused-ring (bicyclic) bond motifs is 11. The number of rotatable bonds is 3. The molecule has 0 radical (unpaired) electrons. The van der Waals surface area contributed by atoms with Crippen LogP contribution in [0.5, 0.6) is 23.0 Å². The van der Waals surface area contributed by atoms with Crippen LogP contribution in [0.2, 0.25) is 0 Å². The van der Waals surface area contributed by atoms with Crippen LogP contribution in [0.3, 0.4) is 0 Å². The highest BCUT2D eigenvalue weighted by Crippen LogP contribution is 2.63. The Balaban J connectivity index is 1.18. The Kier molecular flexibility index (Phi) is 6.17. The topological polar surface area (TPSA) is 23.4 Å². The molecule has 1 unspecified atom stereocenters. The maximum Gasteiger partial charge on any atom is 0.132 e. The van der Waals surface area contributed by atoms with Gasteiger partial charge in [-0.25, -0.2) is 0 Å². The highest BCUT2D eigenvalue weighted by molar-refractivity contribution is 6.10. The zero-order chi connectivity index (χ0) is 34.2. The molecule has 0 aliphatic carbocycles. The second kappa shape index (κ2) is 11.1. The van der Waals surface area contributed by atoms with Crippen molar-refractivity contribution in [3.63, 3.8) is 0 Å². The van der Waals surface area contributed by atoms with Crippen molar-refractivity contribution in [1.82, 2.24) is 4.57 Å². The predicted molar refractivity (Wildman–Crippen MR) is 210 cm³/mol. The van der Waals surface area contributed by atoms with Gasteiger partial charge in [0.1, 0.15) is 23.0 Å². The number of hydrogen-bond acceptors (Lipinski definition) is 2. The van der Waals surface area contributed by atoms with Gasteiger partial charge in [-0.2, -0.15) is 0 Å². The standard InChI is InChI=1S/C49H31NO2/c1-3-14-32(15-4-1)36-19-13-25-46-48(36)49(39-20-8-11-23-44(39)51-46)40-21-9-12-24-45(40)52-47-31-34(27-29-41(47)49)33-26-28-38-37-18-7-10-22-42(37)50(43(38)30-33)35-16-5-2-6-17-35/h1-31H. The Morgan fingerprint density at radius 3 is 1.73 bits per heavy atom. The number of ether oxygens (including phenoxy) is 2. The van der Waals surface area contributed by atoms with Crippen molar-refractivity contribution in [3.8, 4) is 50.9 Å². The molecule has 8 aromatic carbocycles. The molecule has 2 aliphatic heterocycles. The van der Waals surface area contributed by atoms with Crippen LogP contribution in [0.4, 0.5) is 0 Å². The van der Waals surface area contributed by atoms with Crippen LogP contribution in [0.25, 0.3) is 49.7 Å². The quantitative estimate of drug-likeness (QED) is 0.187. The summed E-state index contributed by atoms with van der Waals surface area (Å²) in [7, 11) is 0. The molecule has 1 atom stereocenters. The SMILES string of the molecule is c1ccc(-c2cccc3c2C2(c4ccccc4Oc4cc(-c5ccc6c7ccccc7n(-c7ccccc7)c6c5)ccc42)c2ccccc2O3)cc1. The van der Waals surface area contributed by atoms with Crippen molar-refractivity contribution in [3.05, 3.63) is 210 Å². The van der Waals surface area contributed by atoms with Crippen molar-refractivity contribution in [2.45, 2.75) is 5.41 Å². The van der Waals surface area contributed by atoms with Gasteiger partial charge in [-0.15, -0.1) is 0 Å². The Hall–Kier alpha value is -6.84. The molecule has 0 N–H and O–H groups in total. The minimum atomic E-state index is -0.691. The molecule has 0 saturated heterocycles. The van der Waals surface area contributed by atoms with Crippen molar-refractivity contribution in [1.29, 1.82) is 0 Å². The highest BCUT2D eigenvalue weighted by atomic mass is 16.5. The molecule has 1 aromatic heterocycles. The molecule has 0 amide bonds. The van der Waals surface area contributed by atoms with Gasteiger partial charge in [0, 0.05) is 38.7 Å². The van der Waals surface area contributed by atoms with Crippen LogP contribution >= 0.6 is 0 Å². The zero-order valence-electron chi connectivity index (χ0n) is 28.2. The molecule has 244 valence electrons. The van der Waals surface area contributed by atoms with E-state index in [0.717, 1.165) is 73.2 Å². The summed E-state index contributed by atoms with van der Waals surface area (Å²) < 4.78 is 16.1. The summed E-state index contributed by atoms with van der Waals surface area (Å²) in [5, 5.41) is 2.47. The molecule has 3 heterocycles. The van der Waals surface area contributed by atoms with E-state index in [1.54, 1.807) is 0 Å². The molecule has 1 spiro atoms. The van der Waals surface area contributed by atoms with E-state index in [4.69, 9.17) is 9.47 Å². The van der Waals surface area contributed by atoms with Gasteiger partial charge < -0.3 is 14.0 Å². The Bertz CT molecular complexity index is 2840. The van der Waals surface area contributed by atoms with E-state index in [2.05, 4.69) is 193 Å². The largest absolute Gasteiger partial charge is 0.457 e. The van der Waals surface area contributed by atoms with Gasteiger partial charge in [0.15, 0.2) is 0 Å². The van der Waals surface area contributed by atoms with Crippen molar-refractivity contribution >= 4 is 21.8 Å². The second-order valence-electron chi connectivity index (χ2n) is 13.6. The van der Waals surface area contributed by atoms with E-state index >= 15 is 0 Å². The average molecular weight is 666 g/mol. The molecule has 0 saturated carbocycles. The first-order valence-corrected chi connectivity index (χ1v) is 17.8. The molecular weight excluding hydrogens is 635 g/mol. The van der Waals surface area contributed by atoms with Crippen LogP contribution in [-0.2, 0) is 5.41 Å². The molecule has 2 aliphatic rings. The van der Waals surface area contributed by atoms with Gasteiger partial charge in [-0.05, 0) is 70.8 Å². The first kappa shape index (κ1) is 28.9. The Morgan fingerprint density at radius 1 is 0.365 bits per heavy atom. The van der Waals surface area contributed by atoms with Gasteiger partial charge in [-0.1, -0.05) is 140 Å². The van der Waals surface area contributed by atoms with E-state index in [9.17, 15) is 0 Å². The fraction of sp³-hybridized carbons (Fsp3) is 0.0204. The fourth-order valence-corrected chi connectivity index (χ4v) is 8.77. The van der Waals surface area contributed by atoms with Crippen molar-refractivity contribution < 1.29 is 9.47 Å². The summed E-state index contributed by atoms with van der Waals surface area (Å²) in [6, 6.07) is 66.9. The molecule has 9 aromatic rings. The zero-order valence-corrected chi connectivity index (χ0v) is 28.2. The lowest BCUT2D eigenvalue weighted by Gasteiger charge is -2.45. The first-order valence-electron chi connectivity index (χ1n) is 17.8. The number of nitrogens with zero attached hydrogens (tertiary/aromatic N) is 1. The summed E-state index contributed by atoms with van der Waals surface area (Å²) in [4.78, 5) is 0. The number of benzene rings is 8. The summed E-state index contributed by atoms with van der Waals surface area (Å²) in [6.07, 6.45) is 0. The van der Waals surface area contributed by atoms with Crippen LogP contribution in [0.15, 0.2) is 188 Å². The second-order valence-corrected chi connectivity index (χ2v) is 13.6. The van der Waals surface area contributed by atoms with E-state index in [-0.39, 0.29) is 0 Å². The van der Waals surface area contributed by atoms with Crippen LogP contribution < -0.4 is 9.47 Å². The molecule has 0 fully saturated rings. The lowest BCUT2D eigenvalue weighted by atomic mass is 9.61. The molecule has 52 heavy (non-hydrogen) atoms. The average Bonchev–Trinajstić information content (AvgIpc) is 3.54. The van der Waals surface area contributed by atoms with Crippen LogP contribution in [0, 0.1) is 0 Å². The molecular formula is C49H31NO2. The van der Waals surface area contributed by atoms with E-state index in [1.807, 2.05) is 0 Å². The van der Waals surface area contributed by atoms with Gasteiger partial charge in [-0.3, -0.25) is 0 Å². The summed E-state index contributed by atoms with van der Waals surface area (Å²) >= 11 is 0. The van der Waals surface area contributed by atoms with E-state index < -0.39 is 5.41 Å². The maximum absolute atomic E-state index is 6.93. The monoisotopic (exact) mass is 665 g/mol. The Morgan fingerprint density at radius 2 is 0.942 bits per heavy atom. The maximum atomic E-state index is 6.93. The molecule has 3 nitrogen and oxygen atoms in total. The van der Waals surface area contributed by atoms with Crippen molar-refractivity contribution in [2.75, 3.05) is 0 Å². The van der Waals surface area contributed by atoms with E-state index in [0.29, 0.717) is 0 Å². The lowest BCUT2D eigenvalue weighted by Crippen LogP contribution is -2.37. The lowest BCUT2D eigenvalue weighted by molar-refractivity contribution is 0.400. The number of aromatic nitrogens is 1. The third kappa shape index (κ3) is 4.02. The number of para-hydroxylation sites is 4. The molecule has 0 bridgehead atoms.